The molecular formula is C29H44F2N2O. The highest BCUT2D eigenvalue weighted by atomic mass is 19.1. The van der Waals surface area contributed by atoms with Gasteiger partial charge < -0.3 is 4.74 Å². The van der Waals surface area contributed by atoms with Crippen LogP contribution >= 0.6 is 0 Å². The molecule has 1 unspecified atom stereocenters. The van der Waals surface area contributed by atoms with Gasteiger partial charge in [-0.05, 0) is 43.0 Å². The van der Waals surface area contributed by atoms with E-state index in [1.54, 1.807) is 12.1 Å². The van der Waals surface area contributed by atoms with Crippen molar-refractivity contribution in [1.29, 1.82) is 0 Å². The Kier molecular flexibility index (Phi) is 14.4. The Morgan fingerprint density at radius 2 is 1.41 bits per heavy atom. The molecule has 1 heterocycles. The van der Waals surface area contributed by atoms with E-state index in [0.29, 0.717) is 24.2 Å². The Morgan fingerprint density at radius 1 is 0.794 bits per heavy atom. The van der Waals surface area contributed by atoms with Gasteiger partial charge in [0.25, 0.3) is 0 Å². The van der Waals surface area contributed by atoms with E-state index in [1.807, 2.05) is 12.4 Å². The number of halogens is 2. The molecule has 0 aliphatic rings. The maximum atomic E-state index is 14.5. The lowest BCUT2D eigenvalue weighted by Gasteiger charge is -2.11. The van der Waals surface area contributed by atoms with Crippen LogP contribution in [0.1, 0.15) is 109 Å². The van der Waals surface area contributed by atoms with Crippen molar-refractivity contribution in [2.24, 2.45) is 0 Å². The molecule has 0 amide bonds. The summed E-state index contributed by atoms with van der Waals surface area (Å²) in [6.07, 6.45) is 19.0. The number of ether oxygens (including phenoxy) is 1. The highest BCUT2D eigenvalue weighted by molar-refractivity contribution is 5.56. The Labute approximate surface area is 205 Å². The molecule has 0 saturated heterocycles. The van der Waals surface area contributed by atoms with Crippen LogP contribution < -0.4 is 4.74 Å². The number of nitrogens with zero attached hydrogens (tertiary/aromatic N) is 2. The first-order valence-electron chi connectivity index (χ1n) is 13.5. The minimum absolute atomic E-state index is 0.148. The van der Waals surface area contributed by atoms with Crippen molar-refractivity contribution in [2.75, 3.05) is 6.61 Å². The van der Waals surface area contributed by atoms with E-state index in [2.05, 4.69) is 23.8 Å². The molecule has 0 aliphatic carbocycles. The number of alkyl halides is 1. The molecule has 1 aromatic heterocycles. The fraction of sp³-hybridized carbons (Fsp3) is 0.655. The SMILES string of the molecule is CCCCCCCCc1cnc(-c2ccc(OCCC(F)CCCCCCCC)c(F)c2)nc1. The molecule has 0 spiro atoms. The molecule has 190 valence electrons. The molecule has 1 atom stereocenters. The Morgan fingerprint density at radius 3 is 2.06 bits per heavy atom. The van der Waals surface area contributed by atoms with Crippen LogP contribution in [-0.2, 0) is 6.42 Å². The molecule has 2 rings (SSSR count). The minimum Gasteiger partial charge on any atom is -0.490 e. The Hall–Kier alpha value is -2.04. The van der Waals surface area contributed by atoms with Crippen molar-refractivity contribution in [3.05, 3.63) is 42.0 Å². The molecular weight excluding hydrogens is 430 g/mol. The van der Waals surface area contributed by atoms with Crippen molar-refractivity contribution >= 4 is 0 Å². The van der Waals surface area contributed by atoms with Gasteiger partial charge in [0.2, 0.25) is 0 Å². The van der Waals surface area contributed by atoms with Gasteiger partial charge in [0.1, 0.15) is 6.17 Å². The summed E-state index contributed by atoms with van der Waals surface area (Å²) in [5.74, 6) is 0.179. The molecule has 0 saturated carbocycles. The number of aryl methyl sites for hydroxylation is 1. The lowest BCUT2D eigenvalue weighted by Crippen LogP contribution is -2.08. The third-order valence-electron chi connectivity index (χ3n) is 6.27. The summed E-state index contributed by atoms with van der Waals surface area (Å²) in [4.78, 5) is 8.83. The predicted octanol–water partition coefficient (Wildman–Crippen LogP) is 9.04. The number of hydrogen-bond acceptors (Lipinski definition) is 3. The maximum Gasteiger partial charge on any atom is 0.165 e. The van der Waals surface area contributed by atoms with Gasteiger partial charge in [0.05, 0.1) is 6.61 Å². The summed E-state index contributed by atoms with van der Waals surface area (Å²) in [5.41, 5.74) is 1.73. The normalized spacial score (nSPS) is 12.1. The van der Waals surface area contributed by atoms with Crippen molar-refractivity contribution in [3.8, 4) is 17.1 Å². The van der Waals surface area contributed by atoms with E-state index in [4.69, 9.17) is 4.74 Å². The zero-order valence-electron chi connectivity index (χ0n) is 21.3. The summed E-state index contributed by atoms with van der Waals surface area (Å²) >= 11 is 0. The molecule has 0 radical (unpaired) electrons. The highest BCUT2D eigenvalue weighted by Crippen LogP contribution is 2.24. The molecule has 1 aromatic carbocycles. The average molecular weight is 475 g/mol. The lowest BCUT2D eigenvalue weighted by molar-refractivity contribution is 0.217. The van der Waals surface area contributed by atoms with Gasteiger partial charge in [-0.25, -0.2) is 18.7 Å². The van der Waals surface area contributed by atoms with Crippen molar-refractivity contribution in [3.63, 3.8) is 0 Å². The van der Waals surface area contributed by atoms with Crippen LogP contribution in [0.4, 0.5) is 8.78 Å². The van der Waals surface area contributed by atoms with Crippen LogP contribution in [-0.4, -0.2) is 22.7 Å². The van der Waals surface area contributed by atoms with Crippen molar-refractivity contribution in [1.82, 2.24) is 9.97 Å². The third-order valence-corrected chi connectivity index (χ3v) is 6.27. The zero-order chi connectivity index (χ0) is 24.4. The number of aromatic nitrogens is 2. The van der Waals surface area contributed by atoms with E-state index < -0.39 is 12.0 Å². The van der Waals surface area contributed by atoms with Crippen LogP contribution in [0.3, 0.4) is 0 Å². The quantitative estimate of drug-likeness (QED) is 0.190. The van der Waals surface area contributed by atoms with Crippen LogP contribution in [0.5, 0.6) is 5.75 Å². The van der Waals surface area contributed by atoms with E-state index in [9.17, 15) is 8.78 Å². The summed E-state index contributed by atoms with van der Waals surface area (Å²) in [5, 5.41) is 0. The first-order chi connectivity index (χ1) is 16.6. The number of hydrogen-bond donors (Lipinski definition) is 0. The highest BCUT2D eigenvalue weighted by Gasteiger charge is 2.11. The molecule has 0 bridgehead atoms. The molecule has 0 fully saturated rings. The maximum absolute atomic E-state index is 14.5. The fourth-order valence-corrected chi connectivity index (χ4v) is 4.09. The third kappa shape index (κ3) is 11.4. The summed E-state index contributed by atoms with van der Waals surface area (Å²) in [6.45, 7) is 4.60. The van der Waals surface area contributed by atoms with Crippen molar-refractivity contribution in [2.45, 2.75) is 116 Å². The van der Waals surface area contributed by atoms with Gasteiger partial charge >= 0.3 is 0 Å². The summed E-state index contributed by atoms with van der Waals surface area (Å²) < 4.78 is 34.1. The first kappa shape index (κ1) is 28.2. The molecule has 0 N–H and O–H groups in total. The monoisotopic (exact) mass is 474 g/mol. The summed E-state index contributed by atoms with van der Waals surface area (Å²) in [7, 11) is 0. The van der Waals surface area contributed by atoms with Crippen LogP contribution in [0.25, 0.3) is 11.4 Å². The second-order valence-electron chi connectivity index (χ2n) is 9.37. The lowest BCUT2D eigenvalue weighted by atomic mass is 10.1. The molecule has 34 heavy (non-hydrogen) atoms. The topological polar surface area (TPSA) is 35.0 Å². The van der Waals surface area contributed by atoms with E-state index in [-0.39, 0.29) is 12.4 Å². The molecule has 5 heteroatoms. The van der Waals surface area contributed by atoms with Crippen LogP contribution in [0.15, 0.2) is 30.6 Å². The van der Waals surface area contributed by atoms with E-state index in [0.717, 1.165) is 31.2 Å². The van der Waals surface area contributed by atoms with Crippen molar-refractivity contribution < 1.29 is 13.5 Å². The Bertz CT molecular complexity index is 782. The number of rotatable bonds is 19. The Balaban J connectivity index is 1.70. The number of unbranched alkanes of at least 4 members (excludes halogenated alkanes) is 10. The first-order valence-corrected chi connectivity index (χ1v) is 13.5. The summed E-state index contributed by atoms with van der Waals surface area (Å²) in [6, 6.07) is 4.73. The van der Waals surface area contributed by atoms with Gasteiger partial charge in [-0.3, -0.25) is 0 Å². The molecule has 3 nitrogen and oxygen atoms in total. The number of benzene rings is 1. The average Bonchev–Trinajstić information content (AvgIpc) is 2.85. The second-order valence-corrected chi connectivity index (χ2v) is 9.37. The van der Waals surface area contributed by atoms with Crippen LogP contribution in [0, 0.1) is 5.82 Å². The van der Waals surface area contributed by atoms with Gasteiger partial charge in [-0.15, -0.1) is 0 Å². The van der Waals surface area contributed by atoms with Crippen LogP contribution in [0.2, 0.25) is 0 Å². The van der Waals surface area contributed by atoms with Gasteiger partial charge in [0.15, 0.2) is 17.4 Å². The largest absolute Gasteiger partial charge is 0.490 e. The van der Waals surface area contributed by atoms with E-state index in [1.165, 1.54) is 63.9 Å². The second kappa shape index (κ2) is 17.4. The zero-order valence-corrected chi connectivity index (χ0v) is 21.3. The van der Waals surface area contributed by atoms with Gasteiger partial charge in [0, 0.05) is 24.4 Å². The minimum atomic E-state index is -0.892. The van der Waals surface area contributed by atoms with Gasteiger partial charge in [-0.1, -0.05) is 84.5 Å². The molecule has 2 aromatic rings. The van der Waals surface area contributed by atoms with Gasteiger partial charge in [-0.2, -0.15) is 0 Å². The predicted molar refractivity (Wildman–Crippen MR) is 138 cm³/mol. The van der Waals surface area contributed by atoms with E-state index >= 15 is 0 Å². The standard InChI is InChI=1S/C29H44F2N2O/c1-3-5-7-9-11-13-15-24-22-32-29(33-23-24)25-17-18-28(27(31)21-25)34-20-19-26(30)16-14-12-10-8-6-4-2/h17-18,21-23,26H,3-16,19-20H2,1-2H3. The fourth-order valence-electron chi connectivity index (χ4n) is 4.09. The smallest absolute Gasteiger partial charge is 0.165 e. The molecule has 0 aliphatic heterocycles.